The fraction of sp³-hybridized carbons (Fsp3) is 0.227. The molecule has 160 valence electrons. The number of ether oxygens (including phenoxy) is 1. The summed E-state index contributed by atoms with van der Waals surface area (Å²) in [6, 6.07) is 7.40. The molecule has 0 unspecified atom stereocenters. The molecule has 0 saturated carbocycles. The number of rotatable bonds is 4. The Morgan fingerprint density at radius 3 is 2.61 bits per heavy atom. The number of aromatic hydroxyl groups is 1. The van der Waals surface area contributed by atoms with Crippen molar-refractivity contribution in [2.24, 2.45) is 0 Å². The van der Waals surface area contributed by atoms with Gasteiger partial charge in [-0.2, -0.15) is 0 Å². The van der Waals surface area contributed by atoms with Crippen molar-refractivity contribution in [2.75, 3.05) is 38.2 Å². The van der Waals surface area contributed by atoms with Gasteiger partial charge in [-0.1, -0.05) is 24.2 Å². The smallest absolute Gasteiger partial charge is 0.246 e. The maximum atomic E-state index is 14.5. The normalized spacial score (nSPS) is 14.0. The van der Waals surface area contributed by atoms with E-state index in [0.717, 1.165) is 0 Å². The Hall–Kier alpha value is -3.39. The first-order valence-electron chi connectivity index (χ1n) is 9.62. The highest BCUT2D eigenvalue weighted by Gasteiger charge is 2.24. The second-order valence-corrected chi connectivity index (χ2v) is 7.47. The van der Waals surface area contributed by atoms with Crippen LogP contribution in [0.4, 0.5) is 10.2 Å². The summed E-state index contributed by atoms with van der Waals surface area (Å²) in [7, 11) is 1.48. The monoisotopic (exact) mass is 442 g/mol. The summed E-state index contributed by atoms with van der Waals surface area (Å²) in [5, 5.41) is 20.2. The van der Waals surface area contributed by atoms with Crippen molar-refractivity contribution in [3.05, 3.63) is 53.8 Å². The van der Waals surface area contributed by atoms with E-state index in [2.05, 4.69) is 16.8 Å². The van der Waals surface area contributed by atoms with E-state index in [0.29, 0.717) is 48.3 Å². The number of hydrogen-bond donors (Lipinski definition) is 1. The number of methoxy groups -OCH3 is 1. The van der Waals surface area contributed by atoms with Crippen molar-refractivity contribution in [1.82, 2.24) is 15.1 Å². The molecule has 1 aromatic heterocycles. The van der Waals surface area contributed by atoms with Crippen LogP contribution in [0.25, 0.3) is 21.9 Å². The molecule has 1 aliphatic rings. The Morgan fingerprint density at radius 1 is 1.23 bits per heavy atom. The quantitative estimate of drug-likeness (QED) is 0.621. The zero-order chi connectivity index (χ0) is 22.1. The molecule has 2 aromatic carbocycles. The molecule has 31 heavy (non-hydrogen) atoms. The Bertz CT molecular complexity index is 1160. The molecule has 4 rings (SSSR count). The van der Waals surface area contributed by atoms with Gasteiger partial charge in [0.1, 0.15) is 11.6 Å². The second-order valence-electron chi connectivity index (χ2n) is 7.06. The van der Waals surface area contributed by atoms with Crippen LogP contribution in [0.5, 0.6) is 11.6 Å². The first-order valence-corrected chi connectivity index (χ1v) is 10.0. The molecule has 1 N–H and O–H groups in total. The average Bonchev–Trinajstić information content (AvgIpc) is 2.78. The predicted octanol–water partition coefficient (Wildman–Crippen LogP) is 3.64. The molecule has 2 heterocycles. The molecule has 0 aliphatic carbocycles. The fourth-order valence-corrected chi connectivity index (χ4v) is 4.02. The molecule has 1 aliphatic heterocycles. The number of amides is 1. The topological polar surface area (TPSA) is 78.8 Å². The number of benzene rings is 2. The summed E-state index contributed by atoms with van der Waals surface area (Å²) in [4.78, 5) is 15.6. The zero-order valence-corrected chi connectivity index (χ0v) is 17.6. The molecule has 1 saturated heterocycles. The number of hydrogen-bond acceptors (Lipinski definition) is 6. The standard InChI is InChI=1S/C22H20ClFN4O3/c1-3-19(30)27-7-9-28(10-8-27)21-13-11-15(20-17(24)5-4-6-18(20)29)16(23)12-14(13)22(31-2)26-25-21/h3-6,11-12,29H,1,7-10H2,2H3. The van der Waals surface area contributed by atoms with Gasteiger partial charge in [-0.25, -0.2) is 4.39 Å². The van der Waals surface area contributed by atoms with E-state index < -0.39 is 5.82 Å². The van der Waals surface area contributed by atoms with Crippen LogP contribution in [0.3, 0.4) is 0 Å². The highest BCUT2D eigenvalue weighted by Crippen LogP contribution is 2.41. The summed E-state index contributed by atoms with van der Waals surface area (Å²) >= 11 is 6.47. The molecular weight excluding hydrogens is 423 g/mol. The van der Waals surface area contributed by atoms with E-state index in [4.69, 9.17) is 16.3 Å². The molecule has 0 atom stereocenters. The highest BCUT2D eigenvalue weighted by atomic mass is 35.5. The van der Waals surface area contributed by atoms with E-state index >= 15 is 0 Å². The minimum Gasteiger partial charge on any atom is -0.507 e. The van der Waals surface area contributed by atoms with Crippen LogP contribution in [0.2, 0.25) is 5.02 Å². The number of carbonyl (C=O) groups excluding carboxylic acids is 1. The van der Waals surface area contributed by atoms with E-state index in [9.17, 15) is 14.3 Å². The number of phenols is 1. The molecular formula is C22H20ClFN4O3. The summed E-state index contributed by atoms with van der Waals surface area (Å²) in [5.41, 5.74) is 0.346. The Morgan fingerprint density at radius 2 is 1.97 bits per heavy atom. The maximum Gasteiger partial charge on any atom is 0.246 e. The number of carbonyl (C=O) groups is 1. The van der Waals surface area contributed by atoms with Crippen LogP contribution >= 0.6 is 11.6 Å². The van der Waals surface area contributed by atoms with Gasteiger partial charge in [-0.3, -0.25) is 4.79 Å². The highest BCUT2D eigenvalue weighted by molar-refractivity contribution is 6.34. The van der Waals surface area contributed by atoms with Crippen LogP contribution in [0.15, 0.2) is 43.0 Å². The van der Waals surface area contributed by atoms with Crippen LogP contribution < -0.4 is 9.64 Å². The number of phenolic OH excluding ortho intramolecular Hbond substituents is 1. The van der Waals surface area contributed by atoms with Gasteiger partial charge in [-0.15, -0.1) is 10.2 Å². The molecule has 0 spiro atoms. The molecule has 7 nitrogen and oxygen atoms in total. The third-order valence-corrected chi connectivity index (χ3v) is 5.65. The lowest BCUT2D eigenvalue weighted by Gasteiger charge is -2.35. The van der Waals surface area contributed by atoms with Crippen molar-refractivity contribution in [3.63, 3.8) is 0 Å². The van der Waals surface area contributed by atoms with Crippen LogP contribution in [0, 0.1) is 5.82 Å². The lowest BCUT2D eigenvalue weighted by Crippen LogP contribution is -2.48. The average molecular weight is 443 g/mol. The van der Waals surface area contributed by atoms with Crippen molar-refractivity contribution in [1.29, 1.82) is 0 Å². The number of piperazine rings is 1. The van der Waals surface area contributed by atoms with Gasteiger partial charge in [0.25, 0.3) is 0 Å². The van der Waals surface area contributed by atoms with Gasteiger partial charge in [0.15, 0.2) is 5.82 Å². The lowest BCUT2D eigenvalue weighted by molar-refractivity contribution is -0.126. The number of anilines is 1. The Kier molecular flexibility index (Phi) is 5.65. The van der Waals surface area contributed by atoms with Gasteiger partial charge in [0.2, 0.25) is 11.8 Å². The van der Waals surface area contributed by atoms with Gasteiger partial charge in [0, 0.05) is 42.2 Å². The third-order valence-electron chi connectivity index (χ3n) is 5.33. The SMILES string of the molecule is C=CC(=O)N1CCN(c2nnc(OC)c3cc(Cl)c(-c4c(O)cccc4F)cc23)CC1. The zero-order valence-electron chi connectivity index (χ0n) is 16.8. The number of fused-ring (bicyclic) bond motifs is 1. The second kappa shape index (κ2) is 8.39. The Balaban J connectivity index is 1.84. The van der Waals surface area contributed by atoms with E-state index in [1.165, 1.54) is 31.4 Å². The van der Waals surface area contributed by atoms with E-state index in [-0.39, 0.29) is 28.1 Å². The molecule has 1 fully saturated rings. The predicted molar refractivity (Wildman–Crippen MR) is 117 cm³/mol. The van der Waals surface area contributed by atoms with E-state index in [1.807, 2.05) is 4.90 Å². The van der Waals surface area contributed by atoms with Crippen LogP contribution in [-0.4, -0.2) is 59.4 Å². The number of halogens is 2. The molecule has 1 amide bonds. The van der Waals surface area contributed by atoms with Crippen LogP contribution in [-0.2, 0) is 4.79 Å². The third kappa shape index (κ3) is 3.74. The van der Waals surface area contributed by atoms with Gasteiger partial charge in [-0.05, 0) is 30.3 Å². The van der Waals surface area contributed by atoms with Crippen molar-refractivity contribution >= 4 is 34.1 Å². The summed E-state index contributed by atoms with van der Waals surface area (Å²) in [5.74, 6) is -0.0724. The molecule has 0 bridgehead atoms. The number of nitrogens with zero attached hydrogens (tertiary/aromatic N) is 4. The number of aromatic nitrogens is 2. The minimum absolute atomic E-state index is 0.0116. The largest absolute Gasteiger partial charge is 0.507 e. The van der Waals surface area contributed by atoms with Gasteiger partial charge >= 0.3 is 0 Å². The van der Waals surface area contributed by atoms with Crippen LogP contribution in [0.1, 0.15) is 0 Å². The first kappa shape index (κ1) is 20.9. The summed E-state index contributed by atoms with van der Waals surface area (Å²) in [6.45, 7) is 5.63. The Labute approximate surface area is 183 Å². The molecule has 0 radical (unpaired) electrons. The summed E-state index contributed by atoms with van der Waals surface area (Å²) in [6.07, 6.45) is 1.30. The maximum absolute atomic E-state index is 14.5. The summed E-state index contributed by atoms with van der Waals surface area (Å²) < 4.78 is 19.9. The van der Waals surface area contributed by atoms with E-state index in [1.54, 1.807) is 17.0 Å². The van der Waals surface area contributed by atoms with Crippen molar-refractivity contribution < 1.29 is 19.0 Å². The van der Waals surface area contributed by atoms with Gasteiger partial charge in [0.05, 0.1) is 18.1 Å². The minimum atomic E-state index is -0.590. The van der Waals surface area contributed by atoms with Crippen molar-refractivity contribution in [3.8, 4) is 22.8 Å². The molecule has 3 aromatic rings. The fourth-order valence-electron chi connectivity index (χ4n) is 3.76. The van der Waals surface area contributed by atoms with Crippen molar-refractivity contribution in [2.45, 2.75) is 0 Å². The lowest BCUT2D eigenvalue weighted by atomic mass is 10.00. The first-order chi connectivity index (χ1) is 14.9. The molecule has 9 heteroatoms. The van der Waals surface area contributed by atoms with Gasteiger partial charge < -0.3 is 19.6 Å².